The Bertz CT molecular complexity index is 376. The highest BCUT2D eigenvalue weighted by Crippen LogP contribution is 2.17. The van der Waals surface area contributed by atoms with Crippen LogP contribution >= 0.6 is 11.6 Å². The van der Waals surface area contributed by atoms with E-state index in [4.69, 9.17) is 17.3 Å². The third kappa shape index (κ3) is 1.97. The van der Waals surface area contributed by atoms with Crippen molar-refractivity contribution in [2.24, 2.45) is 0 Å². The van der Waals surface area contributed by atoms with Crippen LogP contribution in [0.15, 0.2) is 18.2 Å². The van der Waals surface area contributed by atoms with E-state index in [1.807, 2.05) is 0 Å². The summed E-state index contributed by atoms with van der Waals surface area (Å²) in [5.41, 5.74) is 5.28. The standard InChI is InChI=1S/C8H6ClNO3/c9-4-1-2-6(10)5(3-4)7(11)8(12)13/h1-3H,10H2,(H,12,13)/p-1. The molecule has 13 heavy (non-hydrogen) atoms. The third-order valence-electron chi connectivity index (χ3n) is 1.45. The summed E-state index contributed by atoms with van der Waals surface area (Å²) in [5, 5.41) is 10.5. The highest BCUT2D eigenvalue weighted by atomic mass is 35.5. The Morgan fingerprint density at radius 3 is 2.54 bits per heavy atom. The molecule has 0 bridgehead atoms. The number of ketones is 1. The molecule has 2 N–H and O–H groups in total. The molecule has 0 aliphatic carbocycles. The van der Waals surface area contributed by atoms with Crippen LogP contribution in [0.5, 0.6) is 0 Å². The summed E-state index contributed by atoms with van der Waals surface area (Å²) in [4.78, 5) is 21.1. The maximum absolute atomic E-state index is 10.9. The number of halogens is 1. The van der Waals surface area contributed by atoms with Gasteiger partial charge >= 0.3 is 0 Å². The Hall–Kier alpha value is -1.55. The number of carbonyl (C=O) groups is 2. The number of anilines is 1. The van der Waals surface area contributed by atoms with Crippen molar-refractivity contribution in [3.63, 3.8) is 0 Å². The van der Waals surface area contributed by atoms with Gasteiger partial charge in [-0.3, -0.25) is 4.79 Å². The first-order valence-corrected chi connectivity index (χ1v) is 3.71. The van der Waals surface area contributed by atoms with E-state index in [2.05, 4.69) is 0 Å². The normalized spacial score (nSPS) is 9.62. The van der Waals surface area contributed by atoms with E-state index in [9.17, 15) is 14.7 Å². The molecule has 4 nitrogen and oxygen atoms in total. The summed E-state index contributed by atoms with van der Waals surface area (Å²) >= 11 is 5.54. The summed E-state index contributed by atoms with van der Waals surface area (Å²) in [5.74, 6) is -2.96. The molecule has 0 heterocycles. The van der Waals surface area contributed by atoms with Gasteiger partial charge in [-0.1, -0.05) is 11.6 Å². The number of carbonyl (C=O) groups excluding carboxylic acids is 2. The van der Waals surface area contributed by atoms with Gasteiger partial charge in [0.2, 0.25) is 5.78 Å². The van der Waals surface area contributed by atoms with Gasteiger partial charge in [0, 0.05) is 16.3 Å². The molecule has 5 heteroatoms. The number of carboxylic acid groups (broad SMARTS) is 1. The second-order valence-corrected chi connectivity index (χ2v) is 2.78. The number of carboxylic acids is 1. The lowest BCUT2D eigenvalue weighted by Crippen LogP contribution is -2.32. The molecule has 0 atom stereocenters. The van der Waals surface area contributed by atoms with Gasteiger partial charge in [-0.2, -0.15) is 0 Å². The summed E-state index contributed by atoms with van der Waals surface area (Å²) in [7, 11) is 0. The quantitative estimate of drug-likeness (QED) is 0.407. The molecule has 1 rings (SSSR count). The summed E-state index contributed by atoms with van der Waals surface area (Å²) in [6, 6.07) is 4.01. The molecule has 0 aromatic heterocycles. The zero-order valence-corrected chi connectivity index (χ0v) is 7.17. The smallest absolute Gasteiger partial charge is 0.210 e. The number of nitrogen functional groups attached to an aromatic ring is 1. The molecule has 0 radical (unpaired) electrons. The number of rotatable bonds is 2. The molecule has 0 aliphatic rings. The average molecular weight is 199 g/mol. The lowest BCUT2D eigenvalue weighted by Gasteiger charge is -2.04. The SMILES string of the molecule is Nc1ccc(Cl)cc1C(=O)C(=O)[O-]. The Balaban J connectivity index is 3.21. The van der Waals surface area contributed by atoms with Gasteiger partial charge in [0.25, 0.3) is 0 Å². The maximum Gasteiger partial charge on any atom is 0.210 e. The van der Waals surface area contributed by atoms with Gasteiger partial charge in [-0.25, -0.2) is 0 Å². The van der Waals surface area contributed by atoms with Crippen LogP contribution in [0.3, 0.4) is 0 Å². The van der Waals surface area contributed by atoms with Crippen LogP contribution in [0.25, 0.3) is 0 Å². The minimum atomic E-state index is -1.80. The van der Waals surface area contributed by atoms with Crippen molar-refractivity contribution in [3.8, 4) is 0 Å². The minimum absolute atomic E-state index is 0.0681. The van der Waals surface area contributed by atoms with Crippen LogP contribution < -0.4 is 10.8 Å². The number of benzene rings is 1. The first kappa shape index (κ1) is 9.54. The van der Waals surface area contributed by atoms with Crippen molar-refractivity contribution in [1.29, 1.82) is 0 Å². The predicted octanol–water partition coefficient (Wildman–Crippen LogP) is -0.145. The number of nitrogens with two attached hydrogens (primary N) is 1. The molecule has 1 aromatic rings. The highest BCUT2D eigenvalue weighted by Gasteiger charge is 2.10. The maximum atomic E-state index is 10.9. The summed E-state index contributed by atoms with van der Waals surface area (Å²) < 4.78 is 0. The largest absolute Gasteiger partial charge is 0.541 e. The second kappa shape index (κ2) is 3.45. The van der Waals surface area contributed by atoms with Crippen molar-refractivity contribution in [2.45, 2.75) is 0 Å². The molecule has 0 spiro atoms. The summed E-state index contributed by atoms with van der Waals surface area (Å²) in [6.45, 7) is 0. The zero-order chi connectivity index (χ0) is 10.0. The van der Waals surface area contributed by atoms with Gasteiger partial charge in [-0.15, -0.1) is 0 Å². The monoisotopic (exact) mass is 198 g/mol. The van der Waals surface area contributed by atoms with E-state index in [-0.39, 0.29) is 16.3 Å². The first-order chi connectivity index (χ1) is 6.02. The molecule has 1 aromatic carbocycles. The fourth-order valence-electron chi connectivity index (χ4n) is 0.835. The minimum Gasteiger partial charge on any atom is -0.541 e. The molecule has 0 fully saturated rings. The van der Waals surface area contributed by atoms with Gasteiger partial charge in [0.05, 0.1) is 0 Å². The molecular formula is C8H5ClNO3-. The molecule has 0 saturated carbocycles. The molecule has 0 saturated heterocycles. The van der Waals surface area contributed by atoms with Crippen molar-refractivity contribution in [3.05, 3.63) is 28.8 Å². The van der Waals surface area contributed by atoms with Crippen molar-refractivity contribution < 1.29 is 14.7 Å². The van der Waals surface area contributed by atoms with E-state index in [1.165, 1.54) is 18.2 Å². The fraction of sp³-hybridized carbons (Fsp3) is 0. The Labute approximate surface area is 78.9 Å². The van der Waals surface area contributed by atoms with Crippen molar-refractivity contribution >= 4 is 29.0 Å². The van der Waals surface area contributed by atoms with Crippen LogP contribution in [0, 0.1) is 0 Å². The van der Waals surface area contributed by atoms with Gasteiger partial charge < -0.3 is 15.6 Å². The van der Waals surface area contributed by atoms with Crippen LogP contribution in [0.1, 0.15) is 10.4 Å². The van der Waals surface area contributed by atoms with Crippen molar-refractivity contribution in [2.75, 3.05) is 5.73 Å². The first-order valence-electron chi connectivity index (χ1n) is 3.33. The Morgan fingerprint density at radius 2 is 2.00 bits per heavy atom. The number of hydrogen-bond acceptors (Lipinski definition) is 4. The molecule has 0 unspecified atom stereocenters. The predicted molar refractivity (Wildman–Crippen MR) is 45.2 cm³/mol. The van der Waals surface area contributed by atoms with Crippen molar-refractivity contribution in [1.82, 2.24) is 0 Å². The van der Waals surface area contributed by atoms with Crippen LogP contribution in [0.4, 0.5) is 5.69 Å². The second-order valence-electron chi connectivity index (χ2n) is 2.35. The van der Waals surface area contributed by atoms with Gasteiger partial charge in [-0.05, 0) is 18.2 Å². The molecule has 0 amide bonds. The zero-order valence-electron chi connectivity index (χ0n) is 6.41. The number of hydrogen-bond donors (Lipinski definition) is 1. The van der Waals surface area contributed by atoms with E-state index in [1.54, 1.807) is 0 Å². The molecule has 0 aliphatic heterocycles. The van der Waals surface area contributed by atoms with Gasteiger partial charge in [0.1, 0.15) is 5.97 Å². The molecular weight excluding hydrogens is 194 g/mol. The number of aliphatic carboxylic acids is 1. The van der Waals surface area contributed by atoms with Crippen LogP contribution in [-0.2, 0) is 4.79 Å². The number of Topliss-reactive ketones (excluding diaryl/α,β-unsaturated/α-hetero) is 1. The van der Waals surface area contributed by atoms with Crippen LogP contribution in [0.2, 0.25) is 5.02 Å². The van der Waals surface area contributed by atoms with E-state index >= 15 is 0 Å². The highest BCUT2D eigenvalue weighted by molar-refractivity contribution is 6.41. The Kier molecular flexibility index (Phi) is 2.53. The fourth-order valence-corrected chi connectivity index (χ4v) is 1.01. The van der Waals surface area contributed by atoms with E-state index in [0.717, 1.165) is 0 Å². The van der Waals surface area contributed by atoms with Crippen LogP contribution in [-0.4, -0.2) is 11.8 Å². The van der Waals surface area contributed by atoms with E-state index < -0.39 is 11.8 Å². The summed E-state index contributed by atoms with van der Waals surface area (Å²) in [6.07, 6.45) is 0. The third-order valence-corrected chi connectivity index (χ3v) is 1.68. The van der Waals surface area contributed by atoms with E-state index in [0.29, 0.717) is 0 Å². The van der Waals surface area contributed by atoms with Gasteiger partial charge in [0.15, 0.2) is 0 Å². The topological polar surface area (TPSA) is 83.2 Å². The average Bonchev–Trinajstić information content (AvgIpc) is 2.08. The Morgan fingerprint density at radius 1 is 1.38 bits per heavy atom. The lowest BCUT2D eigenvalue weighted by atomic mass is 10.1. The molecule has 68 valence electrons. The lowest BCUT2D eigenvalue weighted by molar-refractivity contribution is -0.296.